The molecule has 0 aliphatic rings. The lowest BCUT2D eigenvalue weighted by atomic mass is 9.92. The van der Waals surface area contributed by atoms with Crippen LogP contribution in [0.4, 0.5) is 0 Å². The van der Waals surface area contributed by atoms with Crippen LogP contribution in [0.1, 0.15) is 0 Å². The molecule has 0 atom stereocenters. The summed E-state index contributed by atoms with van der Waals surface area (Å²) in [6.45, 7) is 0. The number of hydrogen-bond donors (Lipinski definition) is 0. The van der Waals surface area contributed by atoms with Crippen molar-refractivity contribution in [1.29, 1.82) is 0 Å². The lowest BCUT2D eigenvalue weighted by Crippen LogP contribution is -2.01. The molecule has 3 aromatic heterocycles. The van der Waals surface area contributed by atoms with Crippen molar-refractivity contribution in [1.82, 2.24) is 15.0 Å². The fourth-order valence-corrected chi connectivity index (χ4v) is 9.39. The summed E-state index contributed by atoms with van der Waals surface area (Å²) in [7, 11) is 0. The Hall–Kier alpha value is -8.41. The van der Waals surface area contributed by atoms with Gasteiger partial charge in [-0.3, -0.25) is 0 Å². The topological polar surface area (TPSA) is 65.0 Å². The van der Waals surface area contributed by atoms with Gasteiger partial charge in [-0.15, -0.1) is 0 Å². The average Bonchev–Trinajstić information content (AvgIpc) is 3.90. The summed E-state index contributed by atoms with van der Waals surface area (Å²) >= 11 is 0. The summed E-state index contributed by atoms with van der Waals surface area (Å²) in [5, 5.41) is 11.1. The Morgan fingerprint density at radius 1 is 0.258 bits per heavy atom. The van der Waals surface area contributed by atoms with E-state index in [1.54, 1.807) is 0 Å². The molecule has 5 heteroatoms. The SMILES string of the molecule is c1cc(-c2nc(-c3ccc4cc5c(cc4c3)oc3ccccc35)nc(-c3ccc(-c4cccc5oc6ccccc6c45)c4ccccc34)n2)cc(-c2cccc3ccccc23)c1. The molecule has 0 unspecified atom stereocenters. The third-order valence-electron chi connectivity index (χ3n) is 12.3. The van der Waals surface area contributed by atoms with Crippen molar-refractivity contribution in [2.24, 2.45) is 0 Å². The first-order valence-corrected chi connectivity index (χ1v) is 20.8. The number of fused-ring (bicyclic) bond motifs is 9. The van der Waals surface area contributed by atoms with Crippen LogP contribution < -0.4 is 0 Å². The van der Waals surface area contributed by atoms with Gasteiger partial charge in [-0.25, -0.2) is 15.0 Å². The zero-order valence-electron chi connectivity index (χ0n) is 33.2. The molecule has 288 valence electrons. The second kappa shape index (κ2) is 13.6. The first-order valence-electron chi connectivity index (χ1n) is 20.8. The Morgan fingerprint density at radius 2 is 0.839 bits per heavy atom. The van der Waals surface area contributed by atoms with Crippen LogP contribution in [0, 0.1) is 0 Å². The highest BCUT2D eigenvalue weighted by atomic mass is 16.3. The van der Waals surface area contributed by atoms with Gasteiger partial charge in [0.2, 0.25) is 0 Å². The minimum atomic E-state index is 0.593. The van der Waals surface area contributed by atoms with Gasteiger partial charge in [0, 0.05) is 38.2 Å². The van der Waals surface area contributed by atoms with Gasteiger partial charge in [-0.1, -0.05) is 152 Å². The molecule has 0 radical (unpaired) electrons. The smallest absolute Gasteiger partial charge is 0.164 e. The van der Waals surface area contributed by atoms with Crippen molar-refractivity contribution >= 4 is 76.2 Å². The molecule has 0 aliphatic carbocycles. The minimum absolute atomic E-state index is 0.593. The van der Waals surface area contributed by atoms with Crippen molar-refractivity contribution in [3.05, 3.63) is 200 Å². The van der Waals surface area contributed by atoms with Gasteiger partial charge >= 0.3 is 0 Å². The highest BCUT2D eigenvalue weighted by molar-refractivity contribution is 6.16. The predicted octanol–water partition coefficient (Wildman–Crippen LogP) is 15.5. The average molecular weight is 792 g/mol. The molecule has 0 aliphatic heterocycles. The third-order valence-corrected chi connectivity index (χ3v) is 12.3. The molecule has 0 spiro atoms. The molecule has 0 N–H and O–H groups in total. The molecular formula is C57H33N3O2. The molecule has 0 bridgehead atoms. The van der Waals surface area contributed by atoms with E-state index in [9.17, 15) is 0 Å². The maximum Gasteiger partial charge on any atom is 0.164 e. The summed E-state index contributed by atoms with van der Waals surface area (Å²) < 4.78 is 12.6. The molecule has 13 rings (SSSR count). The molecule has 0 amide bonds. The highest BCUT2D eigenvalue weighted by Gasteiger charge is 2.20. The first-order chi connectivity index (χ1) is 30.7. The maximum absolute atomic E-state index is 6.32. The van der Waals surface area contributed by atoms with Crippen LogP contribution in [0.5, 0.6) is 0 Å². The molecule has 62 heavy (non-hydrogen) atoms. The third kappa shape index (κ3) is 5.45. The van der Waals surface area contributed by atoms with E-state index in [-0.39, 0.29) is 0 Å². The van der Waals surface area contributed by atoms with Crippen LogP contribution in [0.3, 0.4) is 0 Å². The Kier molecular flexibility index (Phi) is 7.54. The summed E-state index contributed by atoms with van der Waals surface area (Å²) in [4.78, 5) is 15.9. The van der Waals surface area contributed by atoms with Crippen molar-refractivity contribution < 1.29 is 8.83 Å². The summed E-state index contributed by atoms with van der Waals surface area (Å²) in [6, 6.07) is 69.9. The Balaban J connectivity index is 1.02. The molecule has 3 heterocycles. The number of para-hydroxylation sites is 2. The van der Waals surface area contributed by atoms with E-state index >= 15 is 0 Å². The predicted molar refractivity (Wildman–Crippen MR) is 254 cm³/mol. The monoisotopic (exact) mass is 791 g/mol. The van der Waals surface area contributed by atoms with Crippen LogP contribution in [0.15, 0.2) is 209 Å². The van der Waals surface area contributed by atoms with Crippen LogP contribution in [-0.4, -0.2) is 15.0 Å². The zero-order chi connectivity index (χ0) is 40.7. The molecule has 0 fully saturated rings. The van der Waals surface area contributed by atoms with E-state index in [0.29, 0.717) is 17.5 Å². The Morgan fingerprint density at radius 3 is 1.69 bits per heavy atom. The number of hydrogen-bond acceptors (Lipinski definition) is 5. The minimum Gasteiger partial charge on any atom is -0.456 e. The number of aromatic nitrogens is 3. The standard InChI is InChI=1S/C57H33N3O2/c1-2-16-40-34(12-1)13-10-21-41(40)36-14-9-15-37(30-36)55-58-56(38-27-26-35-32-49-45-19-5-7-23-50(45)62-53(49)33-39(35)31-38)60-57(59-55)47-29-28-44(42-17-3-4-18-43(42)47)46-22-11-25-52-54(46)48-20-6-8-24-51(48)61-52/h1-33H. The van der Waals surface area contributed by atoms with E-state index in [4.69, 9.17) is 23.8 Å². The van der Waals surface area contributed by atoms with Gasteiger partial charge in [-0.2, -0.15) is 0 Å². The zero-order valence-corrected chi connectivity index (χ0v) is 33.2. The van der Waals surface area contributed by atoms with Crippen molar-refractivity contribution in [3.8, 4) is 56.4 Å². The summed E-state index contributed by atoms with van der Waals surface area (Å²) in [5.74, 6) is 1.79. The van der Waals surface area contributed by atoms with Crippen LogP contribution in [0.25, 0.3) is 133 Å². The largest absolute Gasteiger partial charge is 0.456 e. The quantitative estimate of drug-likeness (QED) is 0.174. The van der Waals surface area contributed by atoms with E-state index < -0.39 is 0 Å². The normalized spacial score (nSPS) is 11.9. The van der Waals surface area contributed by atoms with Crippen molar-refractivity contribution in [2.75, 3.05) is 0 Å². The maximum atomic E-state index is 6.32. The van der Waals surface area contributed by atoms with Crippen LogP contribution in [0.2, 0.25) is 0 Å². The van der Waals surface area contributed by atoms with Crippen LogP contribution in [-0.2, 0) is 0 Å². The van der Waals surface area contributed by atoms with E-state index in [0.717, 1.165) is 104 Å². The Bertz CT molecular complexity index is 3950. The summed E-state index contributed by atoms with van der Waals surface area (Å²) in [6.07, 6.45) is 0. The first kappa shape index (κ1) is 34.5. The highest BCUT2D eigenvalue weighted by Crippen LogP contribution is 2.42. The molecular weight excluding hydrogens is 759 g/mol. The van der Waals surface area contributed by atoms with Gasteiger partial charge in [0.25, 0.3) is 0 Å². The number of benzene rings is 10. The second-order valence-electron chi connectivity index (χ2n) is 15.9. The molecule has 10 aromatic carbocycles. The van der Waals surface area contributed by atoms with Gasteiger partial charge in [0.1, 0.15) is 22.3 Å². The van der Waals surface area contributed by atoms with Crippen molar-refractivity contribution in [2.45, 2.75) is 0 Å². The molecule has 0 saturated heterocycles. The molecule has 13 aromatic rings. The number of rotatable bonds is 5. The number of furan rings is 2. The van der Waals surface area contributed by atoms with Gasteiger partial charge in [0.05, 0.1) is 0 Å². The summed E-state index contributed by atoms with van der Waals surface area (Å²) in [5.41, 5.74) is 10.7. The molecule has 0 saturated carbocycles. The number of nitrogens with zero attached hydrogens (tertiary/aromatic N) is 3. The van der Waals surface area contributed by atoms with Crippen molar-refractivity contribution in [3.63, 3.8) is 0 Å². The lowest BCUT2D eigenvalue weighted by molar-refractivity contribution is 0.669. The van der Waals surface area contributed by atoms with E-state index in [2.05, 4.69) is 170 Å². The van der Waals surface area contributed by atoms with E-state index in [1.165, 1.54) is 10.8 Å². The fraction of sp³-hybridized carbons (Fsp3) is 0. The van der Waals surface area contributed by atoms with Gasteiger partial charge in [0.15, 0.2) is 17.5 Å². The Labute approximate surface area is 355 Å². The van der Waals surface area contributed by atoms with Gasteiger partial charge in [-0.05, 0) is 103 Å². The van der Waals surface area contributed by atoms with Gasteiger partial charge < -0.3 is 8.83 Å². The second-order valence-corrected chi connectivity index (χ2v) is 15.9. The lowest BCUT2D eigenvalue weighted by Gasteiger charge is -2.14. The van der Waals surface area contributed by atoms with Crippen LogP contribution >= 0.6 is 0 Å². The fourth-order valence-electron chi connectivity index (χ4n) is 9.39. The van der Waals surface area contributed by atoms with E-state index in [1.807, 2.05) is 30.3 Å². The molecule has 5 nitrogen and oxygen atoms in total.